The quantitative estimate of drug-likeness (QED) is 0.783. The molecule has 1 atom stereocenters. The van der Waals surface area contributed by atoms with Crippen molar-refractivity contribution < 1.29 is 0 Å². The van der Waals surface area contributed by atoms with Gasteiger partial charge in [0.05, 0.1) is 0 Å². The molecule has 0 saturated heterocycles. The number of fused-ring (bicyclic) bond motifs is 3. The molecule has 2 heteroatoms. The first-order valence-corrected chi connectivity index (χ1v) is 8.88. The van der Waals surface area contributed by atoms with Crippen molar-refractivity contribution in [2.45, 2.75) is 57.9 Å². The molecule has 1 aromatic heterocycles. The summed E-state index contributed by atoms with van der Waals surface area (Å²) in [6.07, 6.45) is 6.48. The number of rotatable bonds is 5. The predicted octanol–water partition coefficient (Wildman–Crippen LogP) is 4.60. The number of para-hydroxylation sites is 1. The number of nitrogens with zero attached hydrogens (tertiary/aromatic N) is 2. The van der Waals surface area contributed by atoms with Crippen LogP contribution in [-0.2, 0) is 18.4 Å². The Morgan fingerprint density at radius 1 is 1.18 bits per heavy atom. The Balaban J connectivity index is 2.19. The zero-order valence-corrected chi connectivity index (χ0v) is 14.7. The molecule has 0 saturated carbocycles. The van der Waals surface area contributed by atoms with Gasteiger partial charge in [-0.15, -0.1) is 0 Å². The van der Waals surface area contributed by atoms with Gasteiger partial charge in [0.1, 0.15) is 0 Å². The number of hydrogen-bond donors (Lipinski definition) is 0. The fourth-order valence-corrected chi connectivity index (χ4v) is 4.49. The Hall–Kier alpha value is -1.28. The molecular formula is C20H30N2. The average molecular weight is 298 g/mol. The Morgan fingerprint density at radius 2 is 1.95 bits per heavy atom. The third-order valence-corrected chi connectivity index (χ3v) is 5.69. The summed E-state index contributed by atoms with van der Waals surface area (Å²) in [6.45, 7) is 6.95. The molecule has 0 radical (unpaired) electrons. The molecule has 0 N–H and O–H groups in total. The van der Waals surface area contributed by atoms with E-state index in [2.05, 4.69) is 61.7 Å². The largest absolute Gasteiger partial charge is 0.344 e. The van der Waals surface area contributed by atoms with E-state index < -0.39 is 0 Å². The summed E-state index contributed by atoms with van der Waals surface area (Å²) in [5, 5.41) is 1.50. The van der Waals surface area contributed by atoms with E-state index in [0.29, 0.717) is 5.41 Å². The first kappa shape index (κ1) is 15.6. The van der Waals surface area contributed by atoms with E-state index >= 15 is 0 Å². The Bertz CT molecular complexity index is 620. The molecule has 0 bridgehead atoms. The number of benzene rings is 1. The van der Waals surface area contributed by atoms with Gasteiger partial charge in [-0.2, -0.15) is 0 Å². The SMILES string of the molecule is CCn1c2c(c3ccccc31)CCCC2(CC)CCN(C)C. The maximum atomic E-state index is 2.61. The second-order valence-electron chi connectivity index (χ2n) is 7.13. The molecule has 0 spiro atoms. The van der Waals surface area contributed by atoms with Crippen LogP contribution in [0.1, 0.15) is 50.8 Å². The van der Waals surface area contributed by atoms with Gasteiger partial charge in [-0.3, -0.25) is 0 Å². The Kier molecular flexibility index (Phi) is 4.31. The van der Waals surface area contributed by atoms with Crippen molar-refractivity contribution in [3.8, 4) is 0 Å². The van der Waals surface area contributed by atoms with Crippen LogP contribution in [0.5, 0.6) is 0 Å². The second kappa shape index (κ2) is 6.08. The van der Waals surface area contributed by atoms with Crippen LogP contribution in [0.25, 0.3) is 10.9 Å². The number of aryl methyl sites for hydroxylation is 2. The van der Waals surface area contributed by atoms with Gasteiger partial charge >= 0.3 is 0 Å². The van der Waals surface area contributed by atoms with Crippen molar-refractivity contribution in [1.29, 1.82) is 0 Å². The van der Waals surface area contributed by atoms with Crippen molar-refractivity contribution in [2.75, 3.05) is 20.6 Å². The average Bonchev–Trinajstić information content (AvgIpc) is 2.87. The molecular weight excluding hydrogens is 268 g/mol. The van der Waals surface area contributed by atoms with Crippen LogP contribution >= 0.6 is 0 Å². The van der Waals surface area contributed by atoms with E-state index in [-0.39, 0.29) is 0 Å². The molecule has 3 rings (SSSR count). The molecule has 0 aliphatic heterocycles. The Morgan fingerprint density at radius 3 is 2.64 bits per heavy atom. The molecule has 1 aliphatic carbocycles. The summed E-state index contributed by atoms with van der Waals surface area (Å²) in [5.41, 5.74) is 5.11. The van der Waals surface area contributed by atoms with Gasteiger partial charge in [0.25, 0.3) is 0 Å². The fourth-order valence-electron chi connectivity index (χ4n) is 4.49. The van der Waals surface area contributed by atoms with E-state index in [1.165, 1.54) is 49.6 Å². The van der Waals surface area contributed by atoms with E-state index in [0.717, 1.165) is 6.54 Å². The van der Waals surface area contributed by atoms with E-state index in [9.17, 15) is 0 Å². The van der Waals surface area contributed by atoms with Gasteiger partial charge in [-0.25, -0.2) is 0 Å². The third kappa shape index (κ3) is 2.38. The lowest BCUT2D eigenvalue weighted by atomic mass is 9.69. The Labute approximate surface area is 135 Å². The molecule has 1 heterocycles. The van der Waals surface area contributed by atoms with Gasteiger partial charge in [-0.1, -0.05) is 25.1 Å². The van der Waals surface area contributed by atoms with Crippen LogP contribution in [0.15, 0.2) is 24.3 Å². The van der Waals surface area contributed by atoms with E-state index in [1.54, 1.807) is 11.3 Å². The number of hydrogen-bond acceptors (Lipinski definition) is 1. The van der Waals surface area contributed by atoms with Crippen LogP contribution in [0.3, 0.4) is 0 Å². The normalized spacial score (nSPS) is 21.5. The minimum Gasteiger partial charge on any atom is -0.344 e. The molecule has 22 heavy (non-hydrogen) atoms. The third-order valence-electron chi connectivity index (χ3n) is 5.69. The van der Waals surface area contributed by atoms with Gasteiger partial charge in [0.15, 0.2) is 0 Å². The lowest BCUT2D eigenvalue weighted by molar-refractivity contribution is 0.261. The van der Waals surface area contributed by atoms with Gasteiger partial charge in [0, 0.05) is 28.6 Å². The summed E-state index contributed by atoms with van der Waals surface area (Å²) in [5.74, 6) is 0. The summed E-state index contributed by atoms with van der Waals surface area (Å²) >= 11 is 0. The topological polar surface area (TPSA) is 8.17 Å². The van der Waals surface area contributed by atoms with Crippen molar-refractivity contribution in [3.63, 3.8) is 0 Å². The molecule has 1 aromatic carbocycles. The molecule has 0 fully saturated rings. The van der Waals surface area contributed by atoms with Crippen LogP contribution in [0.4, 0.5) is 0 Å². The van der Waals surface area contributed by atoms with E-state index in [1.807, 2.05) is 0 Å². The van der Waals surface area contributed by atoms with E-state index in [4.69, 9.17) is 0 Å². The zero-order valence-electron chi connectivity index (χ0n) is 14.7. The minimum atomic E-state index is 0.368. The minimum absolute atomic E-state index is 0.368. The van der Waals surface area contributed by atoms with Crippen molar-refractivity contribution in [1.82, 2.24) is 9.47 Å². The van der Waals surface area contributed by atoms with Crippen LogP contribution in [0, 0.1) is 0 Å². The van der Waals surface area contributed by atoms with Crippen LogP contribution < -0.4 is 0 Å². The van der Waals surface area contributed by atoms with Gasteiger partial charge < -0.3 is 9.47 Å². The smallest absolute Gasteiger partial charge is 0.0485 e. The lowest BCUT2D eigenvalue weighted by Crippen LogP contribution is -2.35. The molecule has 2 aromatic rings. The molecule has 0 amide bonds. The van der Waals surface area contributed by atoms with Crippen LogP contribution in [0.2, 0.25) is 0 Å². The van der Waals surface area contributed by atoms with Gasteiger partial charge in [0.2, 0.25) is 0 Å². The highest BCUT2D eigenvalue weighted by Crippen LogP contribution is 2.46. The molecule has 120 valence electrons. The highest BCUT2D eigenvalue weighted by molar-refractivity contribution is 5.86. The van der Waals surface area contributed by atoms with Crippen molar-refractivity contribution in [2.24, 2.45) is 0 Å². The zero-order chi connectivity index (χ0) is 15.7. The first-order chi connectivity index (χ1) is 10.6. The van der Waals surface area contributed by atoms with Crippen molar-refractivity contribution >= 4 is 10.9 Å². The summed E-state index contributed by atoms with van der Waals surface area (Å²) in [6, 6.07) is 9.03. The first-order valence-electron chi connectivity index (χ1n) is 8.88. The standard InChI is InChI=1S/C20H30N2/c1-5-20(14-15-21(3)4)13-9-11-17-16-10-7-8-12-18(16)22(6-2)19(17)20/h7-8,10,12H,5-6,9,11,13-15H2,1-4H3. The molecule has 1 aliphatic rings. The molecule has 2 nitrogen and oxygen atoms in total. The van der Waals surface area contributed by atoms with Crippen molar-refractivity contribution in [3.05, 3.63) is 35.5 Å². The molecule has 1 unspecified atom stereocenters. The maximum Gasteiger partial charge on any atom is 0.0485 e. The fraction of sp³-hybridized carbons (Fsp3) is 0.600. The van der Waals surface area contributed by atoms with Crippen LogP contribution in [-0.4, -0.2) is 30.1 Å². The highest BCUT2D eigenvalue weighted by Gasteiger charge is 2.38. The van der Waals surface area contributed by atoms with Gasteiger partial charge in [-0.05, 0) is 71.3 Å². The predicted molar refractivity (Wildman–Crippen MR) is 95.7 cm³/mol. The lowest BCUT2D eigenvalue weighted by Gasteiger charge is -2.39. The maximum absolute atomic E-state index is 2.61. The monoisotopic (exact) mass is 298 g/mol. The second-order valence-corrected chi connectivity index (χ2v) is 7.13. The summed E-state index contributed by atoms with van der Waals surface area (Å²) < 4.78 is 2.61. The summed E-state index contributed by atoms with van der Waals surface area (Å²) in [7, 11) is 4.39. The highest BCUT2D eigenvalue weighted by atomic mass is 15.1. The summed E-state index contributed by atoms with van der Waals surface area (Å²) in [4.78, 5) is 2.34. The number of aromatic nitrogens is 1.